The van der Waals surface area contributed by atoms with Crippen LogP contribution >= 0.6 is 11.6 Å². The Morgan fingerprint density at radius 3 is 2.57 bits per heavy atom. The number of likely N-dealkylation sites (N-methyl/N-ethyl adjacent to an activating group) is 1. The highest BCUT2D eigenvalue weighted by Crippen LogP contribution is 2.59. The summed E-state index contributed by atoms with van der Waals surface area (Å²) in [7, 11) is 1.67. The molecule has 0 bridgehead atoms. The lowest BCUT2D eigenvalue weighted by Gasteiger charge is -2.51. The van der Waals surface area contributed by atoms with Crippen molar-refractivity contribution in [3.8, 4) is 11.1 Å². The molecule has 2 N–H and O–H groups in total. The lowest BCUT2D eigenvalue weighted by atomic mass is 9.55. The molecule has 156 valence electrons. The van der Waals surface area contributed by atoms with Crippen molar-refractivity contribution in [1.29, 1.82) is 0 Å². The normalized spacial score (nSPS) is 25.0. The second kappa shape index (κ2) is 6.79. The van der Waals surface area contributed by atoms with Crippen LogP contribution in [0.4, 0.5) is 4.39 Å². The van der Waals surface area contributed by atoms with Crippen molar-refractivity contribution >= 4 is 23.5 Å². The van der Waals surface area contributed by atoms with Gasteiger partial charge in [0.25, 0.3) is 5.91 Å². The van der Waals surface area contributed by atoms with E-state index in [1.54, 1.807) is 13.1 Å². The van der Waals surface area contributed by atoms with Gasteiger partial charge in [0.1, 0.15) is 5.82 Å². The van der Waals surface area contributed by atoms with Gasteiger partial charge >= 0.3 is 0 Å². The van der Waals surface area contributed by atoms with Gasteiger partial charge in [0, 0.05) is 30.7 Å². The molecule has 1 amide bonds. The third kappa shape index (κ3) is 2.63. The van der Waals surface area contributed by atoms with Crippen LogP contribution in [0.1, 0.15) is 30.4 Å². The molecule has 1 fully saturated rings. The summed E-state index contributed by atoms with van der Waals surface area (Å²) in [5.41, 5.74) is 8.17. The zero-order chi connectivity index (χ0) is 21.1. The average molecular weight is 428 g/mol. The Hall–Kier alpha value is -2.44. The summed E-state index contributed by atoms with van der Waals surface area (Å²) >= 11 is 6.09. The van der Waals surface area contributed by atoms with Crippen LogP contribution < -0.4 is 5.73 Å². The molecule has 0 aromatic heterocycles. The fourth-order valence-corrected chi connectivity index (χ4v) is 5.63. The van der Waals surface area contributed by atoms with Gasteiger partial charge in [-0.3, -0.25) is 9.69 Å². The summed E-state index contributed by atoms with van der Waals surface area (Å²) < 4.78 is 19.6. The molecule has 2 aliphatic heterocycles. The number of hydrogen-bond acceptors (Lipinski definition) is 4. The number of nitrogens with two attached hydrogens (primary N) is 1. The van der Waals surface area contributed by atoms with Crippen molar-refractivity contribution in [3.05, 3.63) is 58.4 Å². The molecule has 30 heavy (non-hydrogen) atoms. The largest absolute Gasteiger partial charge is 0.381 e. The third-order valence-electron chi connectivity index (χ3n) is 7.03. The summed E-state index contributed by atoms with van der Waals surface area (Å²) in [6, 6.07) is 10.4. The van der Waals surface area contributed by atoms with Gasteiger partial charge in [-0.05, 0) is 72.2 Å². The molecular weight excluding hydrogens is 405 g/mol. The maximum atomic E-state index is 14.0. The molecule has 2 aromatic rings. The Morgan fingerprint density at radius 1 is 1.13 bits per heavy atom. The number of rotatable bonds is 1. The van der Waals surface area contributed by atoms with Gasteiger partial charge in [-0.1, -0.05) is 23.7 Å². The summed E-state index contributed by atoms with van der Waals surface area (Å²) in [6.07, 6.45) is 3.20. The molecule has 1 atom stereocenters. The van der Waals surface area contributed by atoms with Crippen molar-refractivity contribution in [2.24, 2.45) is 16.1 Å². The number of hydrogen-bond donors (Lipinski definition) is 1. The van der Waals surface area contributed by atoms with Crippen LogP contribution in [0.2, 0.25) is 5.02 Å². The van der Waals surface area contributed by atoms with E-state index in [1.807, 2.05) is 18.2 Å². The second-order valence-electron chi connectivity index (χ2n) is 8.47. The van der Waals surface area contributed by atoms with E-state index in [0.29, 0.717) is 23.8 Å². The van der Waals surface area contributed by atoms with Gasteiger partial charge in [-0.15, -0.1) is 0 Å². The van der Waals surface area contributed by atoms with Crippen molar-refractivity contribution in [1.82, 2.24) is 4.90 Å². The van der Waals surface area contributed by atoms with Crippen LogP contribution in [-0.4, -0.2) is 37.0 Å². The Bertz CT molecular complexity index is 1060. The van der Waals surface area contributed by atoms with Crippen molar-refractivity contribution < 1.29 is 13.9 Å². The van der Waals surface area contributed by atoms with Gasteiger partial charge in [0.15, 0.2) is 11.5 Å². The fraction of sp³-hybridized carbons (Fsp3) is 0.391. The first kappa shape index (κ1) is 19.5. The van der Waals surface area contributed by atoms with Crippen LogP contribution in [0.25, 0.3) is 11.1 Å². The summed E-state index contributed by atoms with van der Waals surface area (Å²) in [6.45, 7) is 1.20. The number of fused-ring (bicyclic) bond motifs is 3. The second-order valence-corrected chi connectivity index (χ2v) is 8.90. The van der Waals surface area contributed by atoms with Gasteiger partial charge < -0.3 is 10.5 Å². The molecule has 3 aliphatic rings. The monoisotopic (exact) mass is 427 g/mol. The highest BCUT2D eigenvalue weighted by molar-refractivity contribution is 6.30. The standard InChI is InChI=1S/C23H23ClFN3O2/c1-28-20(29)23(27-21(28)26)19-12-15(16-10-17(24)13-18(25)11-16)3-2-14(19)4-5-22(23)6-8-30-9-7-22/h2-3,10-13H,4-9H2,1H3,(H2,26,27). The number of ether oxygens (including phenoxy) is 1. The Labute approximate surface area is 179 Å². The molecular formula is C23H23ClFN3O2. The van der Waals surface area contributed by atoms with Crippen molar-refractivity contribution in [2.45, 2.75) is 31.2 Å². The number of guanidine groups is 1. The number of aliphatic imine (C=N–C) groups is 1. The predicted molar refractivity (Wildman–Crippen MR) is 114 cm³/mol. The predicted octanol–water partition coefficient (Wildman–Crippen LogP) is 3.87. The number of aryl methyl sites for hydroxylation is 1. The van der Waals surface area contributed by atoms with E-state index in [2.05, 4.69) is 0 Å². The molecule has 1 unspecified atom stereocenters. The first-order chi connectivity index (χ1) is 14.4. The Morgan fingerprint density at radius 2 is 1.90 bits per heavy atom. The number of amides is 1. The van der Waals surface area contributed by atoms with E-state index >= 15 is 0 Å². The van der Waals surface area contributed by atoms with E-state index in [4.69, 9.17) is 27.1 Å². The maximum absolute atomic E-state index is 14.0. The quantitative estimate of drug-likeness (QED) is 0.751. The smallest absolute Gasteiger partial charge is 0.262 e. The van der Waals surface area contributed by atoms with E-state index in [1.165, 1.54) is 17.0 Å². The highest BCUT2D eigenvalue weighted by atomic mass is 35.5. The average Bonchev–Trinajstić information content (AvgIpc) is 2.96. The number of halogens is 2. The van der Waals surface area contributed by atoms with E-state index in [0.717, 1.165) is 42.4 Å². The topological polar surface area (TPSA) is 67.9 Å². The zero-order valence-corrected chi connectivity index (χ0v) is 17.5. The number of benzene rings is 2. The van der Waals surface area contributed by atoms with Crippen LogP contribution in [0, 0.1) is 11.2 Å². The minimum atomic E-state index is -1.07. The molecule has 7 heteroatoms. The molecule has 5 rings (SSSR count). The molecule has 2 heterocycles. The summed E-state index contributed by atoms with van der Waals surface area (Å²) in [5, 5.41) is 0.331. The Balaban J connectivity index is 1.74. The van der Waals surface area contributed by atoms with Crippen LogP contribution in [-0.2, 0) is 21.5 Å². The molecule has 2 aromatic carbocycles. The molecule has 0 radical (unpaired) electrons. The fourth-order valence-electron chi connectivity index (χ4n) is 5.41. The van der Waals surface area contributed by atoms with Crippen LogP contribution in [0.3, 0.4) is 0 Å². The van der Waals surface area contributed by atoms with E-state index in [-0.39, 0.29) is 17.3 Å². The first-order valence-electron chi connectivity index (χ1n) is 10.2. The number of carbonyl (C=O) groups excluding carboxylic acids is 1. The lowest BCUT2D eigenvalue weighted by molar-refractivity contribution is -0.141. The molecule has 5 nitrogen and oxygen atoms in total. The molecule has 1 saturated heterocycles. The van der Waals surface area contributed by atoms with Crippen LogP contribution in [0.15, 0.2) is 41.4 Å². The van der Waals surface area contributed by atoms with Gasteiger partial charge in [0.05, 0.1) is 0 Å². The van der Waals surface area contributed by atoms with Crippen LogP contribution in [0.5, 0.6) is 0 Å². The number of nitrogens with zero attached hydrogens (tertiary/aromatic N) is 2. The van der Waals surface area contributed by atoms with Gasteiger partial charge in [-0.2, -0.15) is 0 Å². The third-order valence-corrected chi connectivity index (χ3v) is 7.24. The first-order valence-corrected chi connectivity index (χ1v) is 10.6. The highest BCUT2D eigenvalue weighted by Gasteiger charge is 2.63. The zero-order valence-electron chi connectivity index (χ0n) is 16.8. The lowest BCUT2D eigenvalue weighted by Crippen LogP contribution is -2.56. The molecule has 2 spiro atoms. The summed E-state index contributed by atoms with van der Waals surface area (Å²) in [4.78, 5) is 20.0. The molecule has 1 aliphatic carbocycles. The van der Waals surface area contributed by atoms with Gasteiger partial charge in [0.2, 0.25) is 0 Å². The number of carbonyl (C=O) groups is 1. The Kier molecular flexibility index (Phi) is 4.42. The van der Waals surface area contributed by atoms with Crippen molar-refractivity contribution in [2.75, 3.05) is 20.3 Å². The minimum Gasteiger partial charge on any atom is -0.381 e. The van der Waals surface area contributed by atoms with E-state index in [9.17, 15) is 9.18 Å². The minimum absolute atomic E-state index is 0.0997. The SMILES string of the molecule is CN1C(=O)C2(N=C1N)c1cc(-c3cc(F)cc(Cl)c3)ccc1CCC21CCOCC1. The van der Waals surface area contributed by atoms with E-state index < -0.39 is 11.4 Å². The molecule has 0 saturated carbocycles. The maximum Gasteiger partial charge on any atom is 0.262 e. The van der Waals surface area contributed by atoms with Gasteiger partial charge in [-0.25, -0.2) is 9.38 Å². The van der Waals surface area contributed by atoms with Crippen molar-refractivity contribution in [3.63, 3.8) is 0 Å². The summed E-state index contributed by atoms with van der Waals surface area (Å²) in [5.74, 6) is -0.264.